The number of benzene rings is 2. The van der Waals surface area contributed by atoms with E-state index in [0.717, 1.165) is 31.5 Å². The molecule has 1 N–H and O–H groups in total. The number of hydrogen-bond donors (Lipinski definition) is 1. The van der Waals surface area contributed by atoms with Crippen LogP contribution in [0.2, 0.25) is 0 Å². The molecule has 21 heavy (non-hydrogen) atoms. The van der Waals surface area contributed by atoms with Gasteiger partial charge in [-0.05, 0) is 55.6 Å². The van der Waals surface area contributed by atoms with E-state index >= 15 is 0 Å². The Labute approximate surface area is 127 Å². The minimum absolute atomic E-state index is 0.265. The molecule has 1 fully saturated rings. The summed E-state index contributed by atoms with van der Waals surface area (Å²) >= 11 is 1.19. The topological polar surface area (TPSA) is 12.0 Å². The van der Waals surface area contributed by atoms with E-state index in [1.54, 1.807) is 24.3 Å². The van der Waals surface area contributed by atoms with Gasteiger partial charge in [-0.2, -0.15) is 0 Å². The summed E-state index contributed by atoms with van der Waals surface area (Å²) in [7, 11) is 0. The van der Waals surface area contributed by atoms with E-state index in [0.29, 0.717) is 15.7 Å². The van der Waals surface area contributed by atoms with Crippen molar-refractivity contribution in [3.63, 3.8) is 0 Å². The third kappa shape index (κ3) is 3.27. The van der Waals surface area contributed by atoms with Gasteiger partial charge in [-0.15, -0.1) is 0 Å². The second-order valence-corrected chi connectivity index (χ2v) is 6.27. The van der Waals surface area contributed by atoms with Crippen molar-refractivity contribution < 1.29 is 8.78 Å². The molecule has 0 saturated carbocycles. The van der Waals surface area contributed by atoms with Gasteiger partial charge in [0.05, 0.1) is 4.90 Å². The minimum Gasteiger partial charge on any atom is -0.317 e. The van der Waals surface area contributed by atoms with Crippen molar-refractivity contribution in [2.24, 2.45) is 0 Å². The quantitative estimate of drug-likeness (QED) is 0.890. The van der Waals surface area contributed by atoms with Crippen LogP contribution in [-0.4, -0.2) is 13.1 Å². The molecular formula is C17H17F2NS. The highest BCUT2D eigenvalue weighted by molar-refractivity contribution is 7.99. The van der Waals surface area contributed by atoms with Gasteiger partial charge in [-0.25, -0.2) is 8.78 Å². The Balaban J connectivity index is 1.95. The highest BCUT2D eigenvalue weighted by Crippen LogP contribution is 2.39. The molecule has 110 valence electrons. The van der Waals surface area contributed by atoms with Gasteiger partial charge in [0.2, 0.25) is 0 Å². The smallest absolute Gasteiger partial charge is 0.137 e. The molecule has 1 nitrogen and oxygen atoms in total. The Morgan fingerprint density at radius 2 is 1.62 bits per heavy atom. The van der Waals surface area contributed by atoms with Gasteiger partial charge in [-0.3, -0.25) is 0 Å². The first-order chi connectivity index (χ1) is 10.3. The van der Waals surface area contributed by atoms with Crippen LogP contribution in [0.4, 0.5) is 8.78 Å². The zero-order chi connectivity index (χ0) is 14.7. The Hall–Kier alpha value is -1.39. The van der Waals surface area contributed by atoms with E-state index in [4.69, 9.17) is 0 Å². The Kier molecular flexibility index (Phi) is 4.56. The van der Waals surface area contributed by atoms with Gasteiger partial charge in [0.1, 0.15) is 11.6 Å². The van der Waals surface area contributed by atoms with Gasteiger partial charge >= 0.3 is 0 Å². The monoisotopic (exact) mass is 305 g/mol. The summed E-state index contributed by atoms with van der Waals surface area (Å²) in [5.74, 6) is -0.225. The molecule has 3 rings (SSSR count). The number of hydrogen-bond acceptors (Lipinski definition) is 2. The van der Waals surface area contributed by atoms with E-state index < -0.39 is 0 Å². The molecule has 4 heteroatoms. The molecule has 1 aliphatic rings. The maximum atomic E-state index is 14.3. The van der Waals surface area contributed by atoms with E-state index in [1.165, 1.54) is 23.9 Å². The number of nitrogens with one attached hydrogen (secondary N) is 1. The van der Waals surface area contributed by atoms with Crippen molar-refractivity contribution >= 4 is 11.8 Å². The summed E-state index contributed by atoms with van der Waals surface area (Å²) < 4.78 is 28.1. The fourth-order valence-corrected chi connectivity index (χ4v) is 3.78. The van der Waals surface area contributed by atoms with Crippen molar-refractivity contribution in [3.05, 3.63) is 59.7 Å². The molecule has 0 aromatic heterocycles. The van der Waals surface area contributed by atoms with Gasteiger partial charge in [0.25, 0.3) is 0 Å². The molecule has 2 aromatic rings. The highest BCUT2D eigenvalue weighted by atomic mass is 32.2. The van der Waals surface area contributed by atoms with Gasteiger partial charge in [0.15, 0.2) is 0 Å². The molecule has 0 spiro atoms. The van der Waals surface area contributed by atoms with Crippen LogP contribution in [0.25, 0.3) is 0 Å². The first-order valence-corrected chi connectivity index (χ1v) is 7.99. The predicted molar refractivity (Wildman–Crippen MR) is 81.8 cm³/mol. The molecule has 0 radical (unpaired) electrons. The van der Waals surface area contributed by atoms with Crippen LogP contribution in [-0.2, 0) is 0 Å². The number of rotatable bonds is 3. The lowest BCUT2D eigenvalue weighted by Crippen LogP contribution is -2.27. The number of halogens is 2. The minimum atomic E-state index is -0.304. The zero-order valence-electron chi connectivity index (χ0n) is 11.6. The maximum absolute atomic E-state index is 14.3. The van der Waals surface area contributed by atoms with Crippen LogP contribution in [0.5, 0.6) is 0 Å². The van der Waals surface area contributed by atoms with E-state index in [9.17, 15) is 8.78 Å². The second kappa shape index (κ2) is 6.58. The molecular weight excluding hydrogens is 288 g/mol. The Bertz CT molecular complexity index is 624. The van der Waals surface area contributed by atoms with Gasteiger partial charge in [0, 0.05) is 4.90 Å². The molecule has 0 atom stereocenters. The summed E-state index contributed by atoms with van der Waals surface area (Å²) in [5.41, 5.74) is 1.00. The van der Waals surface area contributed by atoms with E-state index in [1.807, 2.05) is 6.07 Å². The van der Waals surface area contributed by atoms with Crippen LogP contribution >= 0.6 is 11.8 Å². The summed E-state index contributed by atoms with van der Waals surface area (Å²) in [6, 6.07) is 11.7. The lowest BCUT2D eigenvalue weighted by atomic mass is 9.90. The Morgan fingerprint density at radius 1 is 0.905 bits per heavy atom. The zero-order valence-corrected chi connectivity index (χ0v) is 12.4. The normalized spacial score (nSPS) is 16.1. The average molecular weight is 305 g/mol. The fraction of sp³-hybridized carbons (Fsp3) is 0.294. The average Bonchev–Trinajstić information content (AvgIpc) is 2.52. The SMILES string of the molecule is Fc1ccccc1Sc1c(F)cccc1C1CCNCC1. The summed E-state index contributed by atoms with van der Waals surface area (Å²) in [6.45, 7) is 1.90. The molecule has 1 saturated heterocycles. The van der Waals surface area contributed by atoms with Gasteiger partial charge in [-0.1, -0.05) is 36.0 Å². The molecule has 0 aliphatic carbocycles. The maximum Gasteiger partial charge on any atom is 0.137 e. The van der Waals surface area contributed by atoms with Gasteiger partial charge < -0.3 is 5.32 Å². The van der Waals surface area contributed by atoms with Crippen molar-refractivity contribution in [1.29, 1.82) is 0 Å². The van der Waals surface area contributed by atoms with Crippen LogP contribution in [0.1, 0.15) is 24.3 Å². The molecule has 0 bridgehead atoms. The first kappa shape index (κ1) is 14.5. The third-order valence-corrected chi connectivity index (χ3v) is 5.01. The van der Waals surface area contributed by atoms with Crippen molar-refractivity contribution in [2.75, 3.05) is 13.1 Å². The second-order valence-electron chi connectivity index (χ2n) is 5.21. The Morgan fingerprint density at radius 3 is 2.38 bits per heavy atom. The molecule has 1 aliphatic heterocycles. The van der Waals surface area contributed by atoms with Crippen LogP contribution < -0.4 is 5.32 Å². The third-order valence-electron chi connectivity index (χ3n) is 3.83. The molecule has 2 aromatic carbocycles. The summed E-state index contributed by atoms with van der Waals surface area (Å²) in [6.07, 6.45) is 1.99. The van der Waals surface area contributed by atoms with Crippen molar-refractivity contribution in [1.82, 2.24) is 5.32 Å². The molecule has 0 amide bonds. The van der Waals surface area contributed by atoms with Crippen LogP contribution in [0.3, 0.4) is 0 Å². The lowest BCUT2D eigenvalue weighted by molar-refractivity contribution is 0.452. The fourth-order valence-electron chi connectivity index (χ4n) is 2.73. The standard InChI is InChI=1S/C17H17F2NS/c18-14-5-1-2-7-16(14)21-17-13(4-3-6-15(17)19)12-8-10-20-11-9-12/h1-7,12,20H,8-11H2. The number of piperidine rings is 1. The van der Waals surface area contributed by atoms with Crippen LogP contribution in [0, 0.1) is 11.6 Å². The predicted octanol–water partition coefficient (Wildman–Crippen LogP) is 4.58. The lowest BCUT2D eigenvalue weighted by Gasteiger charge is -2.25. The molecule has 0 unspecified atom stereocenters. The van der Waals surface area contributed by atoms with Crippen molar-refractivity contribution in [2.45, 2.75) is 28.6 Å². The van der Waals surface area contributed by atoms with E-state index in [2.05, 4.69) is 5.32 Å². The largest absolute Gasteiger partial charge is 0.317 e. The summed E-state index contributed by atoms with van der Waals surface area (Å²) in [5, 5.41) is 3.32. The van der Waals surface area contributed by atoms with Crippen LogP contribution in [0.15, 0.2) is 52.3 Å². The summed E-state index contributed by atoms with van der Waals surface area (Å²) in [4.78, 5) is 1.03. The first-order valence-electron chi connectivity index (χ1n) is 7.17. The van der Waals surface area contributed by atoms with E-state index in [-0.39, 0.29) is 11.6 Å². The van der Waals surface area contributed by atoms with Crippen molar-refractivity contribution in [3.8, 4) is 0 Å². The molecule has 1 heterocycles. The highest BCUT2D eigenvalue weighted by Gasteiger charge is 2.21.